The number of hydrogen-bond donors (Lipinski definition) is 0. The highest BCUT2D eigenvalue weighted by atomic mass is 35.5. The number of halogens is 1. The monoisotopic (exact) mass is 376 g/mol. The van der Waals surface area contributed by atoms with Crippen molar-refractivity contribution in [2.75, 3.05) is 32.1 Å². The van der Waals surface area contributed by atoms with Gasteiger partial charge in [0.05, 0.1) is 17.5 Å². The summed E-state index contributed by atoms with van der Waals surface area (Å²) < 4.78 is 5.91. The van der Waals surface area contributed by atoms with Crippen molar-refractivity contribution >= 4 is 34.7 Å². The molecule has 0 saturated heterocycles. The number of hydrogen-bond acceptors (Lipinski definition) is 4. The molecule has 0 atom stereocenters. The van der Waals surface area contributed by atoms with Crippen LogP contribution >= 0.6 is 23.4 Å². The van der Waals surface area contributed by atoms with E-state index in [2.05, 4.69) is 68.1 Å². The number of anilines is 2. The summed E-state index contributed by atoms with van der Waals surface area (Å²) in [5.41, 5.74) is 2.39. The van der Waals surface area contributed by atoms with Gasteiger partial charge in [0, 0.05) is 27.4 Å². The van der Waals surface area contributed by atoms with Crippen molar-refractivity contribution in [1.29, 1.82) is 0 Å². The van der Waals surface area contributed by atoms with E-state index in [1.807, 2.05) is 6.07 Å². The summed E-state index contributed by atoms with van der Waals surface area (Å²) in [4.78, 5) is 7.11. The first kappa shape index (κ1) is 18.4. The maximum Gasteiger partial charge on any atom is 0.121 e. The van der Waals surface area contributed by atoms with Crippen LogP contribution in [0.25, 0.3) is 0 Å². The van der Waals surface area contributed by atoms with Gasteiger partial charge >= 0.3 is 0 Å². The second-order valence-corrected chi connectivity index (χ2v) is 8.34. The van der Waals surface area contributed by atoms with Gasteiger partial charge in [-0.1, -0.05) is 23.4 Å². The van der Waals surface area contributed by atoms with E-state index in [9.17, 15) is 0 Å². The molecule has 5 heteroatoms. The SMILES string of the molecule is CC(C)Oc1ccc2c(c1)N(CCCN(C)C)c1cc(Cl)ccc1S2. The second kappa shape index (κ2) is 7.90. The van der Waals surface area contributed by atoms with Crippen LogP contribution in [0.2, 0.25) is 5.02 Å². The Kier molecular flexibility index (Phi) is 5.82. The molecule has 0 aliphatic carbocycles. The van der Waals surface area contributed by atoms with Gasteiger partial charge in [-0.15, -0.1) is 0 Å². The molecule has 3 nitrogen and oxygen atoms in total. The van der Waals surface area contributed by atoms with Crippen LogP contribution in [0, 0.1) is 0 Å². The lowest BCUT2D eigenvalue weighted by Crippen LogP contribution is -2.25. The zero-order chi connectivity index (χ0) is 18.0. The Morgan fingerprint density at radius 1 is 1.08 bits per heavy atom. The molecule has 0 unspecified atom stereocenters. The molecule has 2 aromatic rings. The molecule has 0 fully saturated rings. The Morgan fingerprint density at radius 3 is 2.44 bits per heavy atom. The smallest absolute Gasteiger partial charge is 0.121 e. The van der Waals surface area contributed by atoms with E-state index < -0.39 is 0 Å². The molecule has 0 radical (unpaired) electrons. The van der Waals surface area contributed by atoms with Gasteiger partial charge in [0.2, 0.25) is 0 Å². The van der Waals surface area contributed by atoms with Gasteiger partial charge in [-0.3, -0.25) is 0 Å². The summed E-state index contributed by atoms with van der Waals surface area (Å²) in [6.07, 6.45) is 1.25. The fourth-order valence-corrected chi connectivity index (χ4v) is 4.18. The Morgan fingerprint density at radius 2 is 1.76 bits per heavy atom. The van der Waals surface area contributed by atoms with Crippen LogP contribution in [0.1, 0.15) is 20.3 Å². The Hall–Kier alpha value is -1.36. The highest BCUT2D eigenvalue weighted by Gasteiger charge is 2.24. The highest BCUT2D eigenvalue weighted by molar-refractivity contribution is 7.99. The lowest BCUT2D eigenvalue weighted by Gasteiger charge is -2.33. The van der Waals surface area contributed by atoms with Gasteiger partial charge in [0.15, 0.2) is 0 Å². The van der Waals surface area contributed by atoms with Crippen LogP contribution in [0.15, 0.2) is 46.2 Å². The molecular formula is C20H25ClN2OS. The summed E-state index contributed by atoms with van der Waals surface area (Å²) in [6.45, 7) is 6.11. The maximum absolute atomic E-state index is 6.28. The predicted octanol–water partition coefficient (Wildman–Crippen LogP) is 5.68. The Labute approximate surface area is 159 Å². The first-order valence-corrected chi connectivity index (χ1v) is 9.84. The molecule has 3 rings (SSSR count). The molecule has 25 heavy (non-hydrogen) atoms. The summed E-state index contributed by atoms with van der Waals surface area (Å²) in [6, 6.07) is 12.5. The molecule has 0 N–H and O–H groups in total. The summed E-state index contributed by atoms with van der Waals surface area (Å²) >= 11 is 8.08. The molecule has 2 aromatic carbocycles. The molecule has 134 valence electrons. The molecule has 1 heterocycles. The van der Waals surface area contributed by atoms with E-state index in [4.69, 9.17) is 16.3 Å². The third kappa shape index (κ3) is 4.43. The standard InChI is InChI=1S/C20H25ClN2OS/c1-14(2)24-16-7-9-20-18(13-16)23(11-5-10-22(3)4)17-12-15(21)6-8-19(17)25-20/h6-9,12-14H,5,10-11H2,1-4H3. The van der Waals surface area contributed by atoms with E-state index in [0.29, 0.717) is 0 Å². The number of rotatable bonds is 6. The zero-order valence-electron chi connectivity index (χ0n) is 15.3. The summed E-state index contributed by atoms with van der Waals surface area (Å²) in [7, 11) is 4.22. The first-order valence-electron chi connectivity index (χ1n) is 8.64. The van der Waals surface area contributed by atoms with Gasteiger partial charge < -0.3 is 14.5 Å². The molecule has 0 saturated carbocycles. The van der Waals surface area contributed by atoms with Crippen molar-refractivity contribution in [3.05, 3.63) is 41.4 Å². The van der Waals surface area contributed by atoms with Crippen molar-refractivity contribution in [2.24, 2.45) is 0 Å². The Bertz CT molecular complexity index is 748. The van der Waals surface area contributed by atoms with E-state index in [0.717, 1.165) is 30.3 Å². The van der Waals surface area contributed by atoms with Crippen molar-refractivity contribution < 1.29 is 4.74 Å². The lowest BCUT2D eigenvalue weighted by atomic mass is 10.2. The number of nitrogens with zero attached hydrogens (tertiary/aromatic N) is 2. The third-order valence-corrected chi connectivity index (χ3v) is 5.38. The fraction of sp³-hybridized carbons (Fsp3) is 0.400. The molecule has 1 aliphatic rings. The number of fused-ring (bicyclic) bond motifs is 2. The Balaban J connectivity index is 1.96. The molecule has 0 aromatic heterocycles. The summed E-state index contributed by atoms with van der Waals surface area (Å²) in [5.74, 6) is 0.914. The lowest BCUT2D eigenvalue weighted by molar-refractivity contribution is 0.242. The zero-order valence-corrected chi connectivity index (χ0v) is 16.8. The van der Waals surface area contributed by atoms with Crippen LogP contribution in [0.3, 0.4) is 0 Å². The minimum Gasteiger partial charge on any atom is -0.491 e. The van der Waals surface area contributed by atoms with Gasteiger partial charge in [0.1, 0.15) is 5.75 Å². The first-order chi connectivity index (χ1) is 11.9. The molecular weight excluding hydrogens is 352 g/mol. The second-order valence-electron chi connectivity index (χ2n) is 6.82. The van der Waals surface area contributed by atoms with Gasteiger partial charge in [-0.2, -0.15) is 0 Å². The number of ether oxygens (including phenoxy) is 1. The van der Waals surface area contributed by atoms with Crippen LogP contribution in [-0.2, 0) is 0 Å². The molecule has 0 bridgehead atoms. The largest absolute Gasteiger partial charge is 0.491 e. The minimum absolute atomic E-state index is 0.165. The van der Waals surface area contributed by atoms with E-state index in [1.165, 1.54) is 21.2 Å². The minimum atomic E-state index is 0.165. The van der Waals surface area contributed by atoms with Crippen LogP contribution in [-0.4, -0.2) is 38.2 Å². The number of benzene rings is 2. The molecule has 0 spiro atoms. The van der Waals surface area contributed by atoms with Crippen LogP contribution in [0.4, 0.5) is 11.4 Å². The summed E-state index contributed by atoms with van der Waals surface area (Å²) in [5, 5.41) is 0.773. The van der Waals surface area contributed by atoms with E-state index in [-0.39, 0.29) is 6.10 Å². The topological polar surface area (TPSA) is 15.7 Å². The van der Waals surface area contributed by atoms with E-state index >= 15 is 0 Å². The van der Waals surface area contributed by atoms with Gasteiger partial charge in [0.25, 0.3) is 0 Å². The van der Waals surface area contributed by atoms with Crippen LogP contribution in [0.5, 0.6) is 5.75 Å². The third-order valence-electron chi connectivity index (χ3n) is 4.01. The maximum atomic E-state index is 6.28. The van der Waals surface area contributed by atoms with Crippen molar-refractivity contribution in [3.8, 4) is 5.75 Å². The van der Waals surface area contributed by atoms with Gasteiger partial charge in [-0.25, -0.2) is 0 Å². The fourth-order valence-electron chi connectivity index (χ4n) is 2.96. The molecule has 0 amide bonds. The van der Waals surface area contributed by atoms with Gasteiger partial charge in [-0.05, 0) is 71.2 Å². The van der Waals surface area contributed by atoms with Crippen molar-refractivity contribution in [3.63, 3.8) is 0 Å². The van der Waals surface area contributed by atoms with Crippen molar-refractivity contribution in [1.82, 2.24) is 4.90 Å². The van der Waals surface area contributed by atoms with Crippen molar-refractivity contribution in [2.45, 2.75) is 36.2 Å². The van der Waals surface area contributed by atoms with E-state index in [1.54, 1.807) is 11.8 Å². The quantitative estimate of drug-likeness (QED) is 0.644. The average Bonchev–Trinajstić information content (AvgIpc) is 2.54. The molecule has 1 aliphatic heterocycles. The van der Waals surface area contributed by atoms with Crippen LogP contribution < -0.4 is 9.64 Å². The average molecular weight is 377 g/mol. The highest BCUT2D eigenvalue weighted by Crippen LogP contribution is 2.49. The predicted molar refractivity (Wildman–Crippen MR) is 108 cm³/mol. The normalized spacial score (nSPS) is 13.2.